The Bertz CT molecular complexity index is 499. The standard InChI is InChI=1S/C17H26N2O2/c1-3-8-17(9-10-18-12-17)16(20)19(14-5-6-14)11-15-7-4-13(2)21-15/h4,7,14,18H,3,5-6,8-12H2,1-2H3. The average molecular weight is 290 g/mol. The Kier molecular flexibility index (Phi) is 4.07. The van der Waals surface area contributed by atoms with Crippen LogP contribution in [-0.4, -0.2) is 29.9 Å². The van der Waals surface area contributed by atoms with Gasteiger partial charge in [-0.3, -0.25) is 4.79 Å². The quantitative estimate of drug-likeness (QED) is 0.876. The van der Waals surface area contributed by atoms with E-state index in [-0.39, 0.29) is 5.41 Å². The molecule has 0 spiro atoms. The number of nitrogens with one attached hydrogen (secondary N) is 1. The Hall–Kier alpha value is -1.29. The molecule has 1 aliphatic heterocycles. The van der Waals surface area contributed by atoms with Crippen LogP contribution in [0.1, 0.15) is 50.5 Å². The summed E-state index contributed by atoms with van der Waals surface area (Å²) in [6.07, 6.45) is 5.30. The van der Waals surface area contributed by atoms with E-state index in [0.29, 0.717) is 18.5 Å². The summed E-state index contributed by atoms with van der Waals surface area (Å²) in [5.74, 6) is 2.16. The lowest BCUT2D eigenvalue weighted by atomic mass is 9.81. The van der Waals surface area contributed by atoms with Crippen LogP contribution in [0, 0.1) is 12.3 Å². The van der Waals surface area contributed by atoms with Gasteiger partial charge >= 0.3 is 0 Å². The zero-order valence-corrected chi connectivity index (χ0v) is 13.2. The molecule has 2 fully saturated rings. The first-order chi connectivity index (χ1) is 10.1. The third-order valence-electron chi connectivity index (χ3n) is 4.80. The van der Waals surface area contributed by atoms with Gasteiger partial charge in [0, 0.05) is 12.6 Å². The number of hydrogen-bond acceptors (Lipinski definition) is 3. The summed E-state index contributed by atoms with van der Waals surface area (Å²) >= 11 is 0. The van der Waals surface area contributed by atoms with Crippen molar-refractivity contribution in [1.82, 2.24) is 10.2 Å². The molecule has 1 atom stereocenters. The van der Waals surface area contributed by atoms with Crippen LogP contribution in [0.2, 0.25) is 0 Å². The molecular weight excluding hydrogens is 264 g/mol. The maximum absolute atomic E-state index is 13.2. The number of hydrogen-bond donors (Lipinski definition) is 1. The van der Waals surface area contributed by atoms with E-state index >= 15 is 0 Å². The number of rotatable bonds is 6. The van der Waals surface area contributed by atoms with Gasteiger partial charge in [-0.05, 0) is 51.3 Å². The van der Waals surface area contributed by atoms with E-state index in [1.807, 2.05) is 19.1 Å². The van der Waals surface area contributed by atoms with Crippen LogP contribution in [0.25, 0.3) is 0 Å². The van der Waals surface area contributed by atoms with Crippen molar-refractivity contribution in [2.75, 3.05) is 13.1 Å². The van der Waals surface area contributed by atoms with Crippen molar-refractivity contribution >= 4 is 5.91 Å². The lowest BCUT2D eigenvalue weighted by Crippen LogP contribution is -2.46. The van der Waals surface area contributed by atoms with E-state index in [1.165, 1.54) is 0 Å². The SMILES string of the molecule is CCCC1(C(=O)N(Cc2ccc(C)o2)C2CC2)CCNC1. The monoisotopic (exact) mass is 290 g/mol. The Morgan fingerprint density at radius 3 is 2.81 bits per heavy atom. The van der Waals surface area contributed by atoms with Crippen molar-refractivity contribution < 1.29 is 9.21 Å². The van der Waals surface area contributed by atoms with Crippen molar-refractivity contribution in [1.29, 1.82) is 0 Å². The van der Waals surface area contributed by atoms with Gasteiger partial charge in [0.25, 0.3) is 0 Å². The summed E-state index contributed by atoms with van der Waals surface area (Å²) in [5.41, 5.74) is -0.182. The van der Waals surface area contributed by atoms with Gasteiger partial charge in [0.1, 0.15) is 11.5 Å². The van der Waals surface area contributed by atoms with E-state index in [0.717, 1.165) is 56.7 Å². The maximum atomic E-state index is 13.2. The molecular formula is C17H26N2O2. The molecule has 0 aromatic carbocycles. The Balaban J connectivity index is 1.77. The largest absolute Gasteiger partial charge is 0.464 e. The fourth-order valence-electron chi connectivity index (χ4n) is 3.52. The first-order valence-corrected chi connectivity index (χ1v) is 8.22. The minimum Gasteiger partial charge on any atom is -0.464 e. The minimum atomic E-state index is -0.182. The van der Waals surface area contributed by atoms with Crippen LogP contribution in [0.3, 0.4) is 0 Å². The maximum Gasteiger partial charge on any atom is 0.230 e. The molecule has 3 rings (SSSR count). The summed E-state index contributed by atoms with van der Waals surface area (Å²) in [6, 6.07) is 4.40. The van der Waals surface area contributed by atoms with Crippen molar-refractivity contribution in [2.24, 2.45) is 5.41 Å². The van der Waals surface area contributed by atoms with Gasteiger partial charge in [-0.2, -0.15) is 0 Å². The highest BCUT2D eigenvalue weighted by Gasteiger charge is 2.46. The summed E-state index contributed by atoms with van der Waals surface area (Å²) in [7, 11) is 0. The predicted molar refractivity (Wildman–Crippen MR) is 81.8 cm³/mol. The molecule has 2 heterocycles. The smallest absolute Gasteiger partial charge is 0.230 e. The molecule has 1 aromatic heterocycles. The highest BCUT2D eigenvalue weighted by molar-refractivity contribution is 5.84. The molecule has 1 saturated carbocycles. The predicted octanol–water partition coefficient (Wildman–Crippen LogP) is 2.86. The average Bonchev–Trinajstić information content (AvgIpc) is 3.05. The Morgan fingerprint density at radius 1 is 1.48 bits per heavy atom. The molecule has 4 heteroatoms. The zero-order chi connectivity index (χ0) is 14.9. The molecule has 116 valence electrons. The molecule has 1 aliphatic carbocycles. The summed E-state index contributed by atoms with van der Waals surface area (Å²) in [6.45, 7) is 6.55. The second-order valence-corrected chi connectivity index (χ2v) is 6.63. The second-order valence-electron chi connectivity index (χ2n) is 6.63. The molecule has 2 aliphatic rings. The fourth-order valence-corrected chi connectivity index (χ4v) is 3.52. The molecule has 1 amide bonds. The van der Waals surface area contributed by atoms with Crippen molar-refractivity contribution in [3.05, 3.63) is 23.7 Å². The topological polar surface area (TPSA) is 45.5 Å². The van der Waals surface area contributed by atoms with E-state index < -0.39 is 0 Å². The summed E-state index contributed by atoms with van der Waals surface area (Å²) in [5, 5.41) is 3.39. The molecule has 1 N–H and O–H groups in total. The van der Waals surface area contributed by atoms with E-state index in [4.69, 9.17) is 4.42 Å². The molecule has 4 nitrogen and oxygen atoms in total. The first kappa shape index (κ1) is 14.6. The van der Waals surface area contributed by atoms with Crippen molar-refractivity contribution in [3.8, 4) is 0 Å². The number of furan rings is 1. The van der Waals surface area contributed by atoms with Crippen LogP contribution in [-0.2, 0) is 11.3 Å². The molecule has 1 unspecified atom stereocenters. The summed E-state index contributed by atoms with van der Waals surface area (Å²) < 4.78 is 5.69. The van der Waals surface area contributed by atoms with E-state index in [2.05, 4.69) is 17.1 Å². The molecule has 1 saturated heterocycles. The summed E-state index contributed by atoms with van der Waals surface area (Å²) in [4.78, 5) is 15.3. The Labute approximate surface area is 126 Å². The third kappa shape index (κ3) is 3.00. The normalized spacial score (nSPS) is 25.2. The fraction of sp³-hybridized carbons (Fsp3) is 0.706. The molecule has 1 aromatic rings. The minimum absolute atomic E-state index is 0.182. The second kappa shape index (κ2) is 5.84. The highest BCUT2D eigenvalue weighted by Crippen LogP contribution is 2.38. The van der Waals surface area contributed by atoms with Gasteiger partial charge < -0.3 is 14.6 Å². The van der Waals surface area contributed by atoms with Crippen LogP contribution in [0.5, 0.6) is 0 Å². The lowest BCUT2D eigenvalue weighted by Gasteiger charge is -2.33. The van der Waals surface area contributed by atoms with Gasteiger partial charge in [-0.15, -0.1) is 0 Å². The highest BCUT2D eigenvalue weighted by atomic mass is 16.3. The van der Waals surface area contributed by atoms with Crippen LogP contribution < -0.4 is 5.32 Å². The molecule has 0 radical (unpaired) electrons. The number of carbonyl (C=O) groups is 1. The van der Waals surface area contributed by atoms with Gasteiger partial charge in [-0.25, -0.2) is 0 Å². The van der Waals surface area contributed by atoms with Crippen LogP contribution in [0.4, 0.5) is 0 Å². The Morgan fingerprint density at radius 2 is 2.29 bits per heavy atom. The van der Waals surface area contributed by atoms with Gasteiger partial charge in [-0.1, -0.05) is 13.3 Å². The van der Waals surface area contributed by atoms with Crippen molar-refractivity contribution in [2.45, 2.75) is 58.5 Å². The van der Waals surface area contributed by atoms with Crippen LogP contribution in [0.15, 0.2) is 16.5 Å². The lowest BCUT2D eigenvalue weighted by molar-refractivity contribution is -0.143. The van der Waals surface area contributed by atoms with Gasteiger partial charge in [0.2, 0.25) is 5.91 Å². The van der Waals surface area contributed by atoms with Crippen molar-refractivity contribution in [3.63, 3.8) is 0 Å². The number of nitrogens with zero attached hydrogens (tertiary/aromatic N) is 1. The number of amides is 1. The zero-order valence-electron chi connectivity index (χ0n) is 13.2. The molecule has 21 heavy (non-hydrogen) atoms. The van der Waals surface area contributed by atoms with Gasteiger partial charge in [0.15, 0.2) is 0 Å². The number of aryl methyl sites for hydroxylation is 1. The van der Waals surface area contributed by atoms with E-state index in [1.54, 1.807) is 0 Å². The molecule has 0 bridgehead atoms. The number of carbonyl (C=O) groups excluding carboxylic acids is 1. The third-order valence-corrected chi connectivity index (χ3v) is 4.80. The van der Waals surface area contributed by atoms with Crippen LogP contribution >= 0.6 is 0 Å². The van der Waals surface area contributed by atoms with Gasteiger partial charge in [0.05, 0.1) is 12.0 Å². The first-order valence-electron chi connectivity index (χ1n) is 8.22. The van der Waals surface area contributed by atoms with E-state index in [9.17, 15) is 4.79 Å².